The number of anilines is 1. The molecule has 6 nitrogen and oxygen atoms in total. The highest BCUT2D eigenvalue weighted by Gasteiger charge is 2.22. The average Bonchev–Trinajstić information content (AvgIpc) is 2.75. The topological polar surface area (TPSA) is 82.1 Å². The number of para-hydroxylation sites is 1. The van der Waals surface area contributed by atoms with E-state index in [1.165, 1.54) is 36.4 Å². The van der Waals surface area contributed by atoms with Crippen molar-refractivity contribution < 1.29 is 19.0 Å². The van der Waals surface area contributed by atoms with Crippen LogP contribution in [0.15, 0.2) is 73.1 Å². The molecular weight excluding hydrogens is 429 g/mol. The summed E-state index contributed by atoms with van der Waals surface area (Å²) in [4.78, 5) is 10.4. The SMILES string of the molecule is CC(C)(C)c1cc[n+](C(C(=S)Nc2ccccc2F)=C([O-])c2ccc([N+](=O)[O-])cc2)cc1. The van der Waals surface area contributed by atoms with Crippen molar-refractivity contribution in [1.29, 1.82) is 0 Å². The Balaban J connectivity index is 2.09. The van der Waals surface area contributed by atoms with E-state index in [0.717, 1.165) is 5.56 Å². The maximum atomic E-state index is 14.2. The van der Waals surface area contributed by atoms with Crippen LogP contribution in [0.1, 0.15) is 31.9 Å². The molecule has 1 heterocycles. The minimum atomic E-state index is -0.538. The van der Waals surface area contributed by atoms with Crippen LogP contribution in [0.2, 0.25) is 0 Å². The Bertz CT molecular complexity index is 1180. The molecule has 0 atom stereocenters. The molecule has 3 rings (SSSR count). The lowest BCUT2D eigenvalue weighted by Crippen LogP contribution is -2.40. The number of benzene rings is 2. The first-order valence-electron chi connectivity index (χ1n) is 9.82. The monoisotopic (exact) mass is 451 g/mol. The Labute approximate surface area is 190 Å². The Kier molecular flexibility index (Phi) is 6.64. The molecule has 164 valence electrons. The van der Waals surface area contributed by atoms with Crippen molar-refractivity contribution in [2.24, 2.45) is 0 Å². The van der Waals surface area contributed by atoms with Crippen LogP contribution < -0.4 is 15.0 Å². The molecule has 0 aliphatic heterocycles. The molecule has 0 amide bonds. The highest BCUT2D eigenvalue weighted by atomic mass is 32.1. The number of non-ortho nitro benzene ring substituents is 1. The zero-order chi connectivity index (χ0) is 23.5. The van der Waals surface area contributed by atoms with Crippen LogP contribution in [0.4, 0.5) is 15.8 Å². The van der Waals surface area contributed by atoms with Gasteiger partial charge in [0.05, 0.1) is 10.6 Å². The van der Waals surface area contributed by atoms with Gasteiger partial charge in [0, 0.05) is 24.3 Å². The van der Waals surface area contributed by atoms with E-state index in [0.29, 0.717) is 0 Å². The number of hydrogen-bond donors (Lipinski definition) is 1. The molecule has 0 saturated carbocycles. The van der Waals surface area contributed by atoms with Gasteiger partial charge in [-0.15, -0.1) is 0 Å². The number of pyridine rings is 1. The summed E-state index contributed by atoms with van der Waals surface area (Å²) < 4.78 is 15.7. The maximum absolute atomic E-state index is 14.2. The summed E-state index contributed by atoms with van der Waals surface area (Å²) in [6, 6.07) is 15.0. The number of nitrogens with one attached hydrogen (secondary N) is 1. The summed E-state index contributed by atoms with van der Waals surface area (Å²) in [7, 11) is 0. The molecule has 1 N–H and O–H groups in total. The van der Waals surface area contributed by atoms with Gasteiger partial charge >= 0.3 is 0 Å². The Morgan fingerprint density at radius 1 is 1.03 bits per heavy atom. The molecule has 0 radical (unpaired) electrons. The highest BCUT2D eigenvalue weighted by Crippen LogP contribution is 2.23. The third-order valence-electron chi connectivity index (χ3n) is 4.85. The van der Waals surface area contributed by atoms with E-state index in [2.05, 4.69) is 26.1 Å². The fourth-order valence-electron chi connectivity index (χ4n) is 3.03. The quantitative estimate of drug-likeness (QED) is 0.155. The van der Waals surface area contributed by atoms with Crippen LogP contribution in [0, 0.1) is 15.9 Å². The van der Waals surface area contributed by atoms with E-state index in [9.17, 15) is 19.6 Å². The number of hydrogen-bond acceptors (Lipinski definition) is 4. The van der Waals surface area contributed by atoms with E-state index in [1.54, 1.807) is 29.1 Å². The summed E-state index contributed by atoms with van der Waals surface area (Å²) >= 11 is 5.48. The second-order valence-corrected chi connectivity index (χ2v) is 8.57. The summed E-state index contributed by atoms with van der Waals surface area (Å²) in [6.07, 6.45) is 3.43. The van der Waals surface area contributed by atoms with Gasteiger partial charge in [0.1, 0.15) is 5.82 Å². The minimum Gasteiger partial charge on any atom is -0.867 e. The number of thiocarbonyl (C=S) groups is 1. The normalized spacial score (nSPS) is 12.1. The lowest BCUT2D eigenvalue weighted by Gasteiger charge is -2.19. The largest absolute Gasteiger partial charge is 0.867 e. The molecule has 0 bridgehead atoms. The van der Waals surface area contributed by atoms with Crippen molar-refractivity contribution in [3.63, 3.8) is 0 Å². The zero-order valence-corrected chi connectivity index (χ0v) is 18.7. The van der Waals surface area contributed by atoms with E-state index < -0.39 is 16.5 Å². The van der Waals surface area contributed by atoms with Gasteiger partial charge in [-0.3, -0.25) is 10.1 Å². The predicted octanol–water partition coefficient (Wildman–Crippen LogP) is 4.44. The Morgan fingerprint density at radius 3 is 2.16 bits per heavy atom. The molecular formula is C24H22FN3O3S. The van der Waals surface area contributed by atoms with Crippen LogP contribution in [0.5, 0.6) is 0 Å². The van der Waals surface area contributed by atoms with Gasteiger partial charge in [0.2, 0.25) is 5.70 Å². The second-order valence-electron chi connectivity index (χ2n) is 8.16. The Morgan fingerprint density at radius 2 is 1.62 bits per heavy atom. The lowest BCUT2D eigenvalue weighted by atomic mass is 9.88. The molecule has 0 aliphatic carbocycles. The molecule has 0 aliphatic rings. The van der Waals surface area contributed by atoms with Crippen LogP contribution >= 0.6 is 12.2 Å². The van der Waals surface area contributed by atoms with Gasteiger partial charge < -0.3 is 10.4 Å². The molecule has 32 heavy (non-hydrogen) atoms. The summed E-state index contributed by atoms with van der Waals surface area (Å²) in [5, 5.41) is 27.1. The van der Waals surface area contributed by atoms with Crippen LogP contribution in [0.3, 0.4) is 0 Å². The van der Waals surface area contributed by atoms with Gasteiger partial charge in [-0.05, 0) is 46.6 Å². The van der Waals surface area contributed by atoms with E-state index in [4.69, 9.17) is 12.2 Å². The minimum absolute atomic E-state index is 0.0203. The predicted molar refractivity (Wildman–Crippen MR) is 124 cm³/mol. The van der Waals surface area contributed by atoms with Crippen molar-refractivity contribution in [3.05, 3.63) is 100 Å². The van der Waals surface area contributed by atoms with Gasteiger partial charge in [0.15, 0.2) is 17.4 Å². The third-order valence-corrected chi connectivity index (χ3v) is 5.14. The van der Waals surface area contributed by atoms with Crippen molar-refractivity contribution in [2.45, 2.75) is 26.2 Å². The van der Waals surface area contributed by atoms with Crippen LogP contribution in [-0.2, 0) is 5.41 Å². The first-order chi connectivity index (χ1) is 15.1. The number of nitro benzene ring substituents is 1. The smallest absolute Gasteiger partial charge is 0.269 e. The molecule has 2 aromatic carbocycles. The van der Waals surface area contributed by atoms with Crippen molar-refractivity contribution in [2.75, 3.05) is 5.32 Å². The van der Waals surface area contributed by atoms with Crippen molar-refractivity contribution in [1.82, 2.24) is 0 Å². The molecule has 0 saturated heterocycles. The third kappa shape index (κ3) is 5.15. The zero-order valence-electron chi connectivity index (χ0n) is 17.8. The summed E-state index contributed by atoms with van der Waals surface area (Å²) in [6.45, 7) is 6.22. The molecule has 1 aromatic heterocycles. The van der Waals surface area contributed by atoms with Crippen molar-refractivity contribution in [3.8, 4) is 0 Å². The van der Waals surface area contributed by atoms with Crippen molar-refractivity contribution >= 4 is 40.0 Å². The fraction of sp³-hybridized carbons (Fsp3) is 0.167. The van der Waals surface area contributed by atoms with Gasteiger partial charge in [-0.2, -0.15) is 4.57 Å². The number of nitrogens with zero attached hydrogens (tertiary/aromatic N) is 2. The second kappa shape index (κ2) is 9.23. The molecule has 8 heteroatoms. The number of halogens is 1. The Hall–Kier alpha value is -3.65. The first kappa shape index (κ1) is 23.0. The van der Waals surface area contributed by atoms with E-state index in [-0.39, 0.29) is 33.0 Å². The van der Waals surface area contributed by atoms with Gasteiger partial charge in [0.25, 0.3) is 5.69 Å². The van der Waals surface area contributed by atoms with E-state index in [1.807, 2.05) is 12.1 Å². The standard InChI is InChI=1S/C24H22FN3O3S/c1-24(2,3)17-12-14-27(15-13-17)21(23(32)26-20-7-5-4-6-19(20)25)22(29)16-8-10-18(11-9-16)28(30)31/h4-15H,1-3H3,(H-,26,29,32). The molecule has 3 aromatic rings. The number of rotatable bonds is 5. The van der Waals surface area contributed by atoms with Gasteiger partial charge in [-0.1, -0.05) is 45.1 Å². The fourth-order valence-corrected chi connectivity index (χ4v) is 3.34. The summed E-state index contributed by atoms with van der Waals surface area (Å²) in [5.41, 5.74) is 1.29. The lowest BCUT2D eigenvalue weighted by molar-refractivity contribution is -0.577. The average molecular weight is 452 g/mol. The van der Waals surface area contributed by atoms with E-state index >= 15 is 0 Å². The van der Waals surface area contributed by atoms with Crippen LogP contribution in [0.25, 0.3) is 11.5 Å². The number of nitro groups is 1. The number of aromatic nitrogens is 1. The van der Waals surface area contributed by atoms with Crippen LogP contribution in [-0.4, -0.2) is 9.91 Å². The first-order valence-corrected chi connectivity index (χ1v) is 10.2. The van der Waals surface area contributed by atoms with Gasteiger partial charge in [-0.25, -0.2) is 4.39 Å². The molecule has 0 fully saturated rings. The molecule has 0 unspecified atom stereocenters. The molecule has 0 spiro atoms. The highest BCUT2D eigenvalue weighted by molar-refractivity contribution is 7.81. The maximum Gasteiger partial charge on any atom is 0.269 e. The summed E-state index contributed by atoms with van der Waals surface area (Å²) in [5.74, 6) is -0.965.